The number of methoxy groups -OCH3 is 1. The fraction of sp³-hybridized carbons (Fsp3) is 0.400. The van der Waals surface area contributed by atoms with E-state index in [1.54, 1.807) is 13.3 Å². The molecule has 1 heterocycles. The van der Waals surface area contributed by atoms with Crippen molar-refractivity contribution in [2.75, 3.05) is 20.8 Å². The number of aryl methyl sites for hydroxylation is 1. The third-order valence-electron chi connectivity index (χ3n) is 3.01. The Bertz CT molecular complexity index is 512. The molecule has 0 bridgehead atoms. The summed E-state index contributed by atoms with van der Waals surface area (Å²) < 4.78 is 13.1. The molecule has 0 spiro atoms. The molecule has 1 N–H and O–H groups in total. The Morgan fingerprint density at radius 1 is 1.35 bits per heavy atom. The summed E-state index contributed by atoms with van der Waals surface area (Å²) in [6.45, 7) is 2.35. The lowest BCUT2D eigenvalue weighted by Gasteiger charge is -2.13. The first-order valence-electron chi connectivity index (χ1n) is 6.73. The fourth-order valence-electron chi connectivity index (χ4n) is 2.00. The van der Waals surface area contributed by atoms with Crippen LogP contribution in [-0.4, -0.2) is 30.3 Å². The first kappa shape index (κ1) is 14.4. The molecule has 2 rings (SSSR count). The van der Waals surface area contributed by atoms with Crippen LogP contribution < -0.4 is 14.8 Å². The molecule has 5 nitrogen and oxygen atoms in total. The van der Waals surface area contributed by atoms with Crippen LogP contribution in [0.2, 0.25) is 0 Å². The minimum atomic E-state index is 0.682. The number of hydrogen-bond acceptors (Lipinski definition) is 4. The second kappa shape index (κ2) is 7.55. The Balaban J connectivity index is 1.87. The van der Waals surface area contributed by atoms with Crippen LogP contribution in [0.5, 0.6) is 11.5 Å². The van der Waals surface area contributed by atoms with E-state index in [0.29, 0.717) is 6.61 Å². The highest BCUT2D eigenvalue weighted by Gasteiger charge is 2.05. The summed E-state index contributed by atoms with van der Waals surface area (Å²) in [5.41, 5.74) is 1.11. The Morgan fingerprint density at radius 2 is 2.25 bits per heavy atom. The molecule has 20 heavy (non-hydrogen) atoms. The molecule has 0 saturated carbocycles. The Kier molecular flexibility index (Phi) is 5.43. The molecule has 0 saturated heterocycles. The lowest BCUT2D eigenvalue weighted by Crippen LogP contribution is -2.09. The lowest BCUT2D eigenvalue weighted by molar-refractivity contribution is 0.297. The first-order valence-corrected chi connectivity index (χ1v) is 6.73. The number of aromatic nitrogens is 2. The Labute approximate surface area is 119 Å². The van der Waals surface area contributed by atoms with Gasteiger partial charge in [-0.15, -0.1) is 0 Å². The summed E-state index contributed by atoms with van der Waals surface area (Å²) in [4.78, 5) is 4.02. The number of ether oxygens (including phenoxy) is 2. The van der Waals surface area contributed by atoms with Crippen LogP contribution in [0.15, 0.2) is 36.9 Å². The maximum Gasteiger partial charge on any atom is 0.124 e. The molecule has 2 aromatic rings. The molecule has 0 amide bonds. The molecule has 5 heteroatoms. The third-order valence-corrected chi connectivity index (χ3v) is 3.01. The highest BCUT2D eigenvalue weighted by atomic mass is 16.5. The molecule has 0 radical (unpaired) electrons. The zero-order chi connectivity index (χ0) is 14.2. The normalized spacial score (nSPS) is 10.5. The summed E-state index contributed by atoms with van der Waals surface area (Å²) >= 11 is 0. The number of benzene rings is 1. The molecule has 0 unspecified atom stereocenters. The van der Waals surface area contributed by atoms with Gasteiger partial charge in [-0.3, -0.25) is 0 Å². The quantitative estimate of drug-likeness (QED) is 0.749. The van der Waals surface area contributed by atoms with Gasteiger partial charge < -0.3 is 19.4 Å². The van der Waals surface area contributed by atoms with Gasteiger partial charge in [0, 0.05) is 31.0 Å². The van der Waals surface area contributed by atoms with Gasteiger partial charge in [-0.1, -0.05) is 0 Å². The smallest absolute Gasteiger partial charge is 0.124 e. The van der Waals surface area contributed by atoms with Crippen LogP contribution in [0.3, 0.4) is 0 Å². The summed E-state index contributed by atoms with van der Waals surface area (Å²) in [6, 6.07) is 5.88. The predicted octanol–water partition coefficient (Wildman–Crippen LogP) is 2.08. The van der Waals surface area contributed by atoms with Crippen molar-refractivity contribution in [3.05, 3.63) is 42.5 Å². The molecule has 0 aliphatic heterocycles. The highest BCUT2D eigenvalue weighted by Crippen LogP contribution is 2.24. The van der Waals surface area contributed by atoms with Gasteiger partial charge in [0.1, 0.15) is 11.5 Å². The van der Waals surface area contributed by atoms with Gasteiger partial charge >= 0.3 is 0 Å². The van der Waals surface area contributed by atoms with Crippen molar-refractivity contribution in [2.45, 2.75) is 19.5 Å². The van der Waals surface area contributed by atoms with E-state index in [9.17, 15) is 0 Å². The lowest BCUT2D eigenvalue weighted by atomic mass is 10.2. The largest absolute Gasteiger partial charge is 0.497 e. The minimum Gasteiger partial charge on any atom is -0.497 e. The topological polar surface area (TPSA) is 48.3 Å². The number of nitrogens with one attached hydrogen (secondary N) is 1. The Hall–Kier alpha value is -2.01. The Morgan fingerprint density at radius 3 is 2.95 bits per heavy atom. The van der Waals surface area contributed by atoms with E-state index < -0.39 is 0 Å². The maximum absolute atomic E-state index is 5.86. The summed E-state index contributed by atoms with van der Waals surface area (Å²) in [5, 5.41) is 3.14. The standard InChI is InChI=1S/C15H21N3O2/c1-16-11-13-10-14(19-2)4-5-15(13)20-9-3-7-18-8-6-17-12-18/h4-6,8,10,12,16H,3,7,9,11H2,1-2H3. The molecule has 0 aliphatic carbocycles. The minimum absolute atomic E-state index is 0.682. The molecule has 0 aliphatic rings. The third kappa shape index (κ3) is 3.99. The predicted molar refractivity (Wildman–Crippen MR) is 78.1 cm³/mol. The van der Waals surface area contributed by atoms with Crippen LogP contribution in [-0.2, 0) is 13.1 Å². The van der Waals surface area contributed by atoms with E-state index in [4.69, 9.17) is 9.47 Å². The van der Waals surface area contributed by atoms with Crippen molar-refractivity contribution >= 4 is 0 Å². The van der Waals surface area contributed by atoms with E-state index in [2.05, 4.69) is 10.3 Å². The summed E-state index contributed by atoms with van der Waals surface area (Å²) in [5.74, 6) is 1.76. The first-order chi connectivity index (χ1) is 9.83. The average Bonchev–Trinajstić information content (AvgIpc) is 2.98. The van der Waals surface area contributed by atoms with E-state index in [1.807, 2.05) is 42.3 Å². The second-order valence-corrected chi connectivity index (χ2v) is 4.51. The zero-order valence-electron chi connectivity index (χ0n) is 12.0. The van der Waals surface area contributed by atoms with Crippen molar-refractivity contribution < 1.29 is 9.47 Å². The molecule has 108 valence electrons. The van der Waals surface area contributed by atoms with Gasteiger partial charge in [-0.05, 0) is 31.7 Å². The van der Waals surface area contributed by atoms with E-state index >= 15 is 0 Å². The number of nitrogens with zero attached hydrogens (tertiary/aromatic N) is 2. The van der Waals surface area contributed by atoms with Crippen molar-refractivity contribution in [1.29, 1.82) is 0 Å². The summed E-state index contributed by atoms with van der Waals surface area (Å²) in [7, 11) is 3.59. The van der Waals surface area contributed by atoms with Gasteiger partial charge in [0.05, 0.1) is 20.0 Å². The zero-order valence-corrected chi connectivity index (χ0v) is 12.0. The fourth-order valence-corrected chi connectivity index (χ4v) is 2.00. The summed E-state index contributed by atoms with van der Waals surface area (Å²) in [6.07, 6.45) is 6.51. The van der Waals surface area contributed by atoms with Crippen LogP contribution in [0.25, 0.3) is 0 Å². The monoisotopic (exact) mass is 275 g/mol. The number of rotatable bonds is 8. The molecular weight excluding hydrogens is 254 g/mol. The van der Waals surface area contributed by atoms with Gasteiger partial charge in [0.25, 0.3) is 0 Å². The molecular formula is C15H21N3O2. The van der Waals surface area contributed by atoms with E-state index in [1.165, 1.54) is 0 Å². The van der Waals surface area contributed by atoms with E-state index in [0.717, 1.165) is 36.6 Å². The number of imidazole rings is 1. The SMILES string of the molecule is CNCc1cc(OC)ccc1OCCCn1ccnc1. The molecule has 1 aromatic carbocycles. The molecule has 0 atom stereocenters. The van der Waals surface area contributed by atoms with Gasteiger partial charge in [0.15, 0.2) is 0 Å². The van der Waals surface area contributed by atoms with Crippen molar-refractivity contribution in [3.8, 4) is 11.5 Å². The van der Waals surface area contributed by atoms with Crippen LogP contribution in [0.1, 0.15) is 12.0 Å². The van der Waals surface area contributed by atoms with Gasteiger partial charge in [-0.2, -0.15) is 0 Å². The van der Waals surface area contributed by atoms with Crippen LogP contribution in [0, 0.1) is 0 Å². The average molecular weight is 275 g/mol. The molecule has 0 fully saturated rings. The van der Waals surface area contributed by atoms with Gasteiger partial charge in [0.2, 0.25) is 0 Å². The van der Waals surface area contributed by atoms with Crippen molar-refractivity contribution in [3.63, 3.8) is 0 Å². The van der Waals surface area contributed by atoms with Crippen molar-refractivity contribution in [2.24, 2.45) is 0 Å². The van der Waals surface area contributed by atoms with Crippen LogP contribution in [0.4, 0.5) is 0 Å². The number of hydrogen-bond donors (Lipinski definition) is 1. The van der Waals surface area contributed by atoms with Crippen molar-refractivity contribution in [1.82, 2.24) is 14.9 Å². The maximum atomic E-state index is 5.86. The second-order valence-electron chi connectivity index (χ2n) is 4.51. The molecule has 1 aromatic heterocycles. The van der Waals surface area contributed by atoms with Crippen LogP contribution >= 0.6 is 0 Å². The van der Waals surface area contributed by atoms with Gasteiger partial charge in [-0.25, -0.2) is 4.98 Å². The van der Waals surface area contributed by atoms with E-state index in [-0.39, 0.29) is 0 Å². The highest BCUT2D eigenvalue weighted by molar-refractivity contribution is 5.40.